The number of rotatable bonds is 7. The molecule has 0 radical (unpaired) electrons. The second-order valence-electron chi connectivity index (χ2n) is 7.72. The van der Waals surface area contributed by atoms with Crippen LogP contribution in [0.2, 0.25) is 0 Å². The van der Waals surface area contributed by atoms with Crippen LogP contribution >= 0.6 is 0 Å². The summed E-state index contributed by atoms with van der Waals surface area (Å²) in [5, 5.41) is 3.12. The molecule has 3 aromatic rings. The third-order valence-corrected chi connectivity index (χ3v) is 5.48. The van der Waals surface area contributed by atoms with Gasteiger partial charge in [-0.1, -0.05) is 36.4 Å². The third-order valence-electron chi connectivity index (χ3n) is 5.48. The molecule has 0 spiro atoms. The van der Waals surface area contributed by atoms with Crippen LogP contribution in [-0.2, 0) is 11.3 Å². The Hall–Kier alpha value is -3.38. The van der Waals surface area contributed by atoms with Gasteiger partial charge in [-0.05, 0) is 48.7 Å². The lowest BCUT2D eigenvalue weighted by molar-refractivity contribution is 0.0819. The zero-order valence-corrected chi connectivity index (χ0v) is 17.8. The SMILES string of the molecule is CN(c1ccccc1)c1ccccc1NC(=O)N(Cc1cccnc1)C[C@H]1CCCO1. The van der Waals surface area contributed by atoms with Crippen LogP contribution in [0.1, 0.15) is 18.4 Å². The molecule has 1 aliphatic rings. The molecule has 1 saturated heterocycles. The molecule has 2 aromatic carbocycles. The van der Waals surface area contributed by atoms with Crippen molar-refractivity contribution in [1.29, 1.82) is 0 Å². The molecule has 0 saturated carbocycles. The highest BCUT2D eigenvalue weighted by Crippen LogP contribution is 2.30. The summed E-state index contributed by atoms with van der Waals surface area (Å²) in [6.45, 7) is 1.80. The molecule has 2 heterocycles. The number of para-hydroxylation sites is 3. The number of anilines is 3. The molecule has 1 aromatic heterocycles. The summed E-state index contributed by atoms with van der Waals surface area (Å²) in [4.78, 5) is 21.4. The van der Waals surface area contributed by atoms with Crippen molar-refractivity contribution in [3.8, 4) is 0 Å². The van der Waals surface area contributed by atoms with Gasteiger partial charge < -0.3 is 19.9 Å². The highest BCUT2D eigenvalue weighted by atomic mass is 16.5. The Morgan fingerprint density at radius 1 is 1.10 bits per heavy atom. The van der Waals surface area contributed by atoms with E-state index in [-0.39, 0.29) is 12.1 Å². The highest BCUT2D eigenvalue weighted by molar-refractivity contribution is 5.94. The van der Waals surface area contributed by atoms with Gasteiger partial charge in [0.15, 0.2) is 0 Å². The maximum absolute atomic E-state index is 13.3. The molecule has 1 atom stereocenters. The quantitative estimate of drug-likeness (QED) is 0.585. The normalized spacial score (nSPS) is 15.5. The number of benzene rings is 2. The fraction of sp³-hybridized carbons (Fsp3) is 0.280. The summed E-state index contributed by atoms with van der Waals surface area (Å²) < 4.78 is 5.80. The Labute approximate surface area is 183 Å². The zero-order valence-electron chi connectivity index (χ0n) is 17.8. The number of carbonyl (C=O) groups excluding carboxylic acids is 1. The number of amides is 2. The molecule has 160 valence electrons. The number of carbonyl (C=O) groups is 1. The maximum atomic E-state index is 13.3. The number of pyridine rings is 1. The first-order chi connectivity index (χ1) is 15.2. The maximum Gasteiger partial charge on any atom is 0.322 e. The summed E-state index contributed by atoms with van der Waals surface area (Å²) in [5.41, 5.74) is 3.74. The highest BCUT2D eigenvalue weighted by Gasteiger charge is 2.24. The first-order valence-electron chi connectivity index (χ1n) is 10.6. The fourth-order valence-corrected chi connectivity index (χ4v) is 3.82. The minimum Gasteiger partial charge on any atom is -0.376 e. The van der Waals surface area contributed by atoms with Crippen LogP contribution in [0.25, 0.3) is 0 Å². The fourth-order valence-electron chi connectivity index (χ4n) is 3.82. The predicted octanol–water partition coefficient (Wildman–Crippen LogP) is 5.06. The van der Waals surface area contributed by atoms with E-state index >= 15 is 0 Å². The molecule has 0 unspecified atom stereocenters. The van der Waals surface area contributed by atoms with Gasteiger partial charge in [0.05, 0.1) is 17.5 Å². The molecule has 1 aliphatic heterocycles. The van der Waals surface area contributed by atoms with E-state index in [1.165, 1.54) is 0 Å². The van der Waals surface area contributed by atoms with Crippen molar-refractivity contribution in [2.75, 3.05) is 30.4 Å². The molecule has 0 bridgehead atoms. The molecule has 2 amide bonds. The number of aromatic nitrogens is 1. The van der Waals surface area contributed by atoms with E-state index in [2.05, 4.69) is 15.2 Å². The van der Waals surface area contributed by atoms with Crippen LogP contribution in [0.5, 0.6) is 0 Å². The van der Waals surface area contributed by atoms with Gasteiger partial charge in [0.25, 0.3) is 0 Å². The lowest BCUT2D eigenvalue weighted by atomic mass is 10.2. The first-order valence-corrected chi connectivity index (χ1v) is 10.6. The molecule has 31 heavy (non-hydrogen) atoms. The van der Waals surface area contributed by atoms with Crippen LogP contribution < -0.4 is 10.2 Å². The lowest BCUT2D eigenvalue weighted by Gasteiger charge is -2.28. The number of hydrogen-bond donors (Lipinski definition) is 1. The smallest absolute Gasteiger partial charge is 0.322 e. The Kier molecular flexibility index (Phi) is 6.79. The van der Waals surface area contributed by atoms with Crippen LogP contribution in [0.15, 0.2) is 79.1 Å². The van der Waals surface area contributed by atoms with E-state index in [0.717, 1.165) is 42.1 Å². The minimum atomic E-state index is -0.145. The van der Waals surface area contributed by atoms with Gasteiger partial charge in [0.1, 0.15) is 0 Å². The van der Waals surface area contributed by atoms with Crippen LogP contribution in [0.3, 0.4) is 0 Å². The number of hydrogen-bond acceptors (Lipinski definition) is 4. The van der Waals surface area contributed by atoms with Crippen molar-refractivity contribution < 1.29 is 9.53 Å². The van der Waals surface area contributed by atoms with E-state index in [9.17, 15) is 4.79 Å². The molecular formula is C25H28N4O2. The standard InChI is InChI=1S/C25H28N4O2/c1-28(21-10-3-2-4-11-21)24-14-6-5-13-23(24)27-25(30)29(19-22-12-8-16-31-22)18-20-9-7-15-26-17-20/h2-7,9-11,13-15,17,22H,8,12,16,18-19H2,1H3,(H,27,30)/t22-/m1/s1. The predicted molar refractivity (Wildman–Crippen MR) is 124 cm³/mol. The number of urea groups is 1. The van der Waals surface area contributed by atoms with Crippen LogP contribution in [-0.4, -0.2) is 42.2 Å². The molecule has 6 heteroatoms. The van der Waals surface area contributed by atoms with E-state index in [0.29, 0.717) is 13.1 Å². The molecule has 6 nitrogen and oxygen atoms in total. The number of ether oxygens (including phenoxy) is 1. The minimum absolute atomic E-state index is 0.0738. The van der Waals surface area contributed by atoms with Crippen LogP contribution in [0.4, 0.5) is 21.9 Å². The molecule has 4 rings (SSSR count). The summed E-state index contributed by atoms with van der Waals surface area (Å²) in [6.07, 6.45) is 5.63. The van der Waals surface area contributed by atoms with Crippen molar-refractivity contribution in [2.45, 2.75) is 25.5 Å². The van der Waals surface area contributed by atoms with Gasteiger partial charge in [-0.2, -0.15) is 0 Å². The molecule has 0 aliphatic carbocycles. The Balaban J connectivity index is 1.54. The second kappa shape index (κ2) is 10.1. The van der Waals surface area contributed by atoms with Crippen LogP contribution in [0, 0.1) is 0 Å². The third kappa shape index (κ3) is 5.41. The van der Waals surface area contributed by atoms with Crippen molar-refractivity contribution in [3.05, 3.63) is 84.7 Å². The molecular weight excluding hydrogens is 388 g/mol. The Bertz CT molecular complexity index is 975. The Morgan fingerprint density at radius 3 is 2.65 bits per heavy atom. The van der Waals surface area contributed by atoms with E-state index in [1.807, 2.05) is 78.7 Å². The van der Waals surface area contributed by atoms with E-state index in [4.69, 9.17) is 4.74 Å². The Morgan fingerprint density at radius 2 is 1.90 bits per heavy atom. The van der Waals surface area contributed by atoms with Crippen molar-refractivity contribution in [3.63, 3.8) is 0 Å². The summed E-state index contributed by atoms with van der Waals surface area (Å²) in [6, 6.07) is 21.7. The summed E-state index contributed by atoms with van der Waals surface area (Å²) >= 11 is 0. The molecule has 1 N–H and O–H groups in total. The van der Waals surface area contributed by atoms with Gasteiger partial charge >= 0.3 is 6.03 Å². The van der Waals surface area contributed by atoms with Crippen molar-refractivity contribution >= 4 is 23.1 Å². The first kappa shape index (κ1) is 20.9. The number of nitrogens with zero attached hydrogens (tertiary/aromatic N) is 3. The van der Waals surface area contributed by atoms with Crippen molar-refractivity contribution in [2.24, 2.45) is 0 Å². The van der Waals surface area contributed by atoms with Gasteiger partial charge in [-0.3, -0.25) is 4.98 Å². The number of nitrogens with one attached hydrogen (secondary N) is 1. The average Bonchev–Trinajstić information content (AvgIpc) is 3.33. The van der Waals surface area contributed by atoms with Crippen molar-refractivity contribution in [1.82, 2.24) is 9.88 Å². The lowest BCUT2D eigenvalue weighted by Crippen LogP contribution is -2.39. The summed E-state index contributed by atoms with van der Waals surface area (Å²) in [7, 11) is 2.00. The van der Waals surface area contributed by atoms with Gasteiger partial charge in [0, 0.05) is 44.8 Å². The monoisotopic (exact) mass is 416 g/mol. The van der Waals surface area contributed by atoms with E-state index < -0.39 is 0 Å². The largest absolute Gasteiger partial charge is 0.376 e. The average molecular weight is 417 g/mol. The van der Waals surface area contributed by atoms with Gasteiger partial charge in [-0.15, -0.1) is 0 Å². The van der Waals surface area contributed by atoms with Gasteiger partial charge in [0.2, 0.25) is 0 Å². The zero-order chi connectivity index (χ0) is 21.5. The second-order valence-corrected chi connectivity index (χ2v) is 7.72. The summed E-state index contributed by atoms with van der Waals surface area (Å²) in [5.74, 6) is 0. The topological polar surface area (TPSA) is 57.7 Å². The van der Waals surface area contributed by atoms with E-state index in [1.54, 1.807) is 12.4 Å². The molecule has 1 fully saturated rings. The van der Waals surface area contributed by atoms with Gasteiger partial charge in [-0.25, -0.2) is 4.79 Å².